The highest BCUT2D eigenvalue weighted by molar-refractivity contribution is 7.18. The van der Waals surface area contributed by atoms with Crippen LogP contribution in [0, 0.1) is 0 Å². The number of aromatic nitrogens is 3. The maximum absolute atomic E-state index is 12.9. The van der Waals surface area contributed by atoms with E-state index < -0.39 is 0 Å². The number of nitrogens with zero attached hydrogens (tertiary/aromatic N) is 4. The Morgan fingerprint density at radius 3 is 3.00 bits per heavy atom. The van der Waals surface area contributed by atoms with Crippen LogP contribution in [-0.4, -0.2) is 32.1 Å². The standard InChI is InChI=1S/C17H18N4OS/c1-12(21-11-5-9-18-21)17(22)20-10-4-7-14(20)16-19-13-6-2-3-8-15(13)23-16/h2-3,5-6,8-9,11-12,14H,4,7,10H2,1H3. The second kappa shape index (κ2) is 5.77. The van der Waals surface area contributed by atoms with Gasteiger partial charge in [-0.2, -0.15) is 5.10 Å². The molecule has 1 aliphatic rings. The minimum atomic E-state index is -0.278. The lowest BCUT2D eigenvalue weighted by molar-refractivity contribution is -0.135. The molecule has 0 aliphatic carbocycles. The maximum atomic E-state index is 12.9. The highest BCUT2D eigenvalue weighted by atomic mass is 32.1. The van der Waals surface area contributed by atoms with Crippen molar-refractivity contribution < 1.29 is 4.79 Å². The van der Waals surface area contributed by atoms with E-state index in [-0.39, 0.29) is 18.0 Å². The average molecular weight is 326 g/mol. The van der Waals surface area contributed by atoms with E-state index in [2.05, 4.69) is 11.2 Å². The SMILES string of the molecule is CC(C(=O)N1CCCC1c1nc2ccccc2s1)n1cccn1. The molecular weight excluding hydrogens is 308 g/mol. The minimum absolute atomic E-state index is 0.0953. The van der Waals surface area contributed by atoms with Crippen LogP contribution in [0.5, 0.6) is 0 Å². The molecule has 118 valence electrons. The predicted octanol–water partition coefficient (Wildman–Crippen LogP) is 3.42. The van der Waals surface area contributed by atoms with Crippen LogP contribution < -0.4 is 0 Å². The Kier molecular flexibility index (Phi) is 3.61. The molecule has 23 heavy (non-hydrogen) atoms. The Hall–Kier alpha value is -2.21. The number of rotatable bonds is 3. The fourth-order valence-corrected chi connectivity index (χ4v) is 4.30. The van der Waals surface area contributed by atoms with Crippen LogP contribution in [0.2, 0.25) is 0 Å². The molecule has 0 N–H and O–H groups in total. The molecule has 1 fully saturated rings. The fraction of sp³-hybridized carbons (Fsp3) is 0.353. The van der Waals surface area contributed by atoms with Crippen molar-refractivity contribution in [3.63, 3.8) is 0 Å². The molecule has 0 spiro atoms. The first-order valence-electron chi connectivity index (χ1n) is 7.89. The van der Waals surface area contributed by atoms with Crippen LogP contribution in [0.15, 0.2) is 42.7 Å². The molecule has 1 saturated heterocycles. The highest BCUT2D eigenvalue weighted by Gasteiger charge is 2.34. The first kappa shape index (κ1) is 14.4. The molecule has 0 radical (unpaired) electrons. The summed E-state index contributed by atoms with van der Waals surface area (Å²) in [7, 11) is 0. The summed E-state index contributed by atoms with van der Waals surface area (Å²) in [4.78, 5) is 19.6. The molecule has 2 atom stereocenters. The van der Waals surface area contributed by atoms with E-state index in [1.165, 1.54) is 4.70 Å². The van der Waals surface area contributed by atoms with Crippen LogP contribution in [-0.2, 0) is 4.79 Å². The minimum Gasteiger partial charge on any atom is -0.331 e. The Bertz CT molecular complexity index is 793. The summed E-state index contributed by atoms with van der Waals surface area (Å²) in [6.07, 6.45) is 5.56. The molecule has 0 saturated carbocycles. The number of para-hydroxylation sites is 1. The van der Waals surface area contributed by atoms with E-state index in [1.807, 2.05) is 42.3 Å². The van der Waals surface area contributed by atoms with Gasteiger partial charge in [-0.05, 0) is 38.0 Å². The van der Waals surface area contributed by atoms with Gasteiger partial charge in [-0.3, -0.25) is 9.48 Å². The molecule has 2 unspecified atom stereocenters. The van der Waals surface area contributed by atoms with Gasteiger partial charge in [-0.15, -0.1) is 11.3 Å². The van der Waals surface area contributed by atoms with Crippen LogP contribution in [0.25, 0.3) is 10.2 Å². The number of amides is 1. The number of hydrogen-bond acceptors (Lipinski definition) is 4. The summed E-state index contributed by atoms with van der Waals surface area (Å²) in [6, 6.07) is 9.81. The number of likely N-dealkylation sites (tertiary alicyclic amines) is 1. The second-order valence-electron chi connectivity index (χ2n) is 5.87. The maximum Gasteiger partial charge on any atom is 0.247 e. The summed E-state index contributed by atoms with van der Waals surface area (Å²) in [5.74, 6) is 0.121. The number of carbonyl (C=O) groups is 1. The molecule has 3 aromatic rings. The van der Waals surface area contributed by atoms with Gasteiger partial charge in [-0.1, -0.05) is 12.1 Å². The third kappa shape index (κ3) is 2.53. The lowest BCUT2D eigenvalue weighted by atomic mass is 10.2. The molecule has 6 heteroatoms. The van der Waals surface area contributed by atoms with Gasteiger partial charge in [0.1, 0.15) is 11.0 Å². The van der Waals surface area contributed by atoms with Crippen molar-refractivity contribution in [2.75, 3.05) is 6.54 Å². The molecule has 5 nitrogen and oxygen atoms in total. The van der Waals surface area contributed by atoms with Gasteiger partial charge in [0.25, 0.3) is 0 Å². The van der Waals surface area contributed by atoms with Gasteiger partial charge in [0, 0.05) is 18.9 Å². The van der Waals surface area contributed by atoms with E-state index >= 15 is 0 Å². The third-order valence-electron chi connectivity index (χ3n) is 4.41. The molecule has 1 aliphatic heterocycles. The van der Waals surface area contributed by atoms with Crippen LogP contribution in [0.3, 0.4) is 0 Å². The number of hydrogen-bond donors (Lipinski definition) is 0. The number of thiazole rings is 1. The third-order valence-corrected chi connectivity index (χ3v) is 5.55. The van der Waals surface area contributed by atoms with Gasteiger partial charge >= 0.3 is 0 Å². The van der Waals surface area contributed by atoms with Gasteiger partial charge in [0.15, 0.2) is 0 Å². The van der Waals surface area contributed by atoms with Gasteiger partial charge in [0.2, 0.25) is 5.91 Å². The summed E-state index contributed by atoms with van der Waals surface area (Å²) in [5, 5.41) is 5.24. The lowest BCUT2D eigenvalue weighted by Gasteiger charge is -2.26. The number of benzene rings is 1. The molecule has 0 bridgehead atoms. The summed E-state index contributed by atoms with van der Waals surface area (Å²) >= 11 is 1.70. The Balaban J connectivity index is 1.62. The molecule has 1 aromatic carbocycles. The Labute approximate surface area is 138 Å². The van der Waals surface area contributed by atoms with E-state index in [0.29, 0.717) is 0 Å². The van der Waals surface area contributed by atoms with Crippen molar-refractivity contribution in [1.29, 1.82) is 0 Å². The summed E-state index contributed by atoms with van der Waals surface area (Å²) in [5.41, 5.74) is 1.02. The zero-order valence-electron chi connectivity index (χ0n) is 12.9. The van der Waals surface area contributed by atoms with E-state index in [1.54, 1.807) is 22.2 Å². The van der Waals surface area contributed by atoms with Crippen LogP contribution in [0.1, 0.15) is 36.9 Å². The van der Waals surface area contributed by atoms with Crippen LogP contribution >= 0.6 is 11.3 Å². The molecule has 2 aromatic heterocycles. The zero-order chi connectivity index (χ0) is 15.8. The Morgan fingerprint density at radius 1 is 1.35 bits per heavy atom. The van der Waals surface area contributed by atoms with Crippen LogP contribution in [0.4, 0.5) is 0 Å². The second-order valence-corrected chi connectivity index (χ2v) is 6.93. The molecule has 3 heterocycles. The van der Waals surface area contributed by atoms with Crippen molar-refractivity contribution in [2.24, 2.45) is 0 Å². The van der Waals surface area contributed by atoms with Gasteiger partial charge in [-0.25, -0.2) is 4.98 Å². The van der Waals surface area contributed by atoms with Crippen molar-refractivity contribution in [3.8, 4) is 0 Å². The van der Waals surface area contributed by atoms with Crippen molar-refractivity contribution >= 4 is 27.5 Å². The quantitative estimate of drug-likeness (QED) is 0.741. The van der Waals surface area contributed by atoms with Gasteiger partial charge < -0.3 is 4.90 Å². The summed E-state index contributed by atoms with van der Waals surface area (Å²) < 4.78 is 2.90. The van der Waals surface area contributed by atoms with Gasteiger partial charge in [0.05, 0.1) is 16.3 Å². The Morgan fingerprint density at radius 2 is 2.22 bits per heavy atom. The number of fused-ring (bicyclic) bond motifs is 1. The van der Waals surface area contributed by atoms with E-state index in [0.717, 1.165) is 29.9 Å². The first-order chi connectivity index (χ1) is 11.2. The number of carbonyl (C=O) groups excluding carboxylic acids is 1. The monoisotopic (exact) mass is 326 g/mol. The normalized spacial score (nSPS) is 19.3. The molecule has 1 amide bonds. The predicted molar refractivity (Wildman–Crippen MR) is 90.2 cm³/mol. The molecular formula is C17H18N4OS. The van der Waals surface area contributed by atoms with E-state index in [9.17, 15) is 4.79 Å². The van der Waals surface area contributed by atoms with Crippen molar-refractivity contribution in [1.82, 2.24) is 19.7 Å². The highest BCUT2D eigenvalue weighted by Crippen LogP contribution is 2.37. The lowest BCUT2D eigenvalue weighted by Crippen LogP contribution is -2.36. The smallest absolute Gasteiger partial charge is 0.247 e. The first-order valence-corrected chi connectivity index (χ1v) is 8.71. The largest absolute Gasteiger partial charge is 0.331 e. The zero-order valence-corrected chi connectivity index (χ0v) is 13.7. The van der Waals surface area contributed by atoms with Crippen molar-refractivity contribution in [3.05, 3.63) is 47.7 Å². The van der Waals surface area contributed by atoms with E-state index in [4.69, 9.17) is 4.98 Å². The fourth-order valence-electron chi connectivity index (χ4n) is 3.18. The topological polar surface area (TPSA) is 51.0 Å². The summed E-state index contributed by atoms with van der Waals surface area (Å²) in [6.45, 7) is 2.70. The van der Waals surface area contributed by atoms with Crippen molar-refractivity contribution in [2.45, 2.75) is 31.8 Å². The molecule has 4 rings (SSSR count). The average Bonchev–Trinajstić information content (AvgIpc) is 3.32.